The highest BCUT2D eigenvalue weighted by molar-refractivity contribution is 14.0. The molecule has 1 heterocycles. The molecule has 0 amide bonds. The van der Waals surface area contributed by atoms with Crippen LogP contribution in [0, 0.1) is 0 Å². The lowest BCUT2D eigenvalue weighted by Crippen LogP contribution is -2.53. The molecule has 0 aromatic heterocycles. The van der Waals surface area contributed by atoms with Crippen molar-refractivity contribution in [1.29, 1.82) is 0 Å². The summed E-state index contributed by atoms with van der Waals surface area (Å²) in [6, 6.07) is 5.28. The Hall–Kier alpha value is -0.290. The van der Waals surface area contributed by atoms with Gasteiger partial charge in [0.1, 0.15) is 0 Å². The van der Waals surface area contributed by atoms with Crippen LogP contribution in [0.25, 0.3) is 0 Å². The quantitative estimate of drug-likeness (QED) is 0.344. The third kappa shape index (κ3) is 6.12. The summed E-state index contributed by atoms with van der Waals surface area (Å²) in [7, 11) is -1.60. The molecule has 0 atom stereocenters. The van der Waals surface area contributed by atoms with Crippen LogP contribution >= 0.6 is 47.2 Å². The number of benzene rings is 1. The van der Waals surface area contributed by atoms with Gasteiger partial charge in [-0.3, -0.25) is 4.99 Å². The minimum Gasteiger partial charge on any atom is -0.381 e. The molecule has 6 nitrogen and oxygen atoms in total. The van der Waals surface area contributed by atoms with Crippen LogP contribution in [0.1, 0.15) is 18.4 Å². The van der Waals surface area contributed by atoms with Gasteiger partial charge in [0.25, 0.3) is 0 Å². The molecule has 2 rings (SSSR count). The molecule has 1 aromatic carbocycles. The van der Waals surface area contributed by atoms with Crippen molar-refractivity contribution >= 4 is 63.0 Å². The number of aliphatic imine (C=N–C) groups is 1. The summed E-state index contributed by atoms with van der Waals surface area (Å²) in [6.07, 6.45) is 2.22. The van der Waals surface area contributed by atoms with Crippen LogP contribution in [0.2, 0.25) is 10.0 Å². The first-order valence-corrected chi connectivity index (χ1v) is 10.6. The van der Waals surface area contributed by atoms with Gasteiger partial charge in [-0.05, 0) is 30.5 Å². The summed E-state index contributed by atoms with van der Waals surface area (Å²) in [5, 5.41) is 7.40. The number of hydrogen-bond acceptors (Lipinski definition) is 4. The van der Waals surface area contributed by atoms with Crippen molar-refractivity contribution in [2.75, 3.05) is 33.1 Å². The minimum atomic E-state index is -3.23. The molecule has 2 N–H and O–H groups in total. The zero-order chi connectivity index (χ0) is 18.5. The summed E-state index contributed by atoms with van der Waals surface area (Å²) in [5.41, 5.74) is 0.873. The Labute approximate surface area is 182 Å². The first-order valence-electron chi connectivity index (χ1n) is 7.93. The molecule has 1 aromatic rings. The number of ether oxygens (including phenoxy) is 1. The summed E-state index contributed by atoms with van der Waals surface area (Å²) < 4.78 is 29.0. The molecule has 1 aliphatic heterocycles. The standard InChI is InChI=1S/C16H23Cl2N3O3S.HI/c1-19-15(20-10-12-3-4-13(17)9-14(12)18)21-11-16(25(2,22)23)5-7-24-8-6-16;/h3-4,9H,5-8,10-11H2,1-2H3,(H2,19,20,21);1H. The second kappa shape index (κ2) is 10.3. The maximum absolute atomic E-state index is 12.3. The summed E-state index contributed by atoms with van der Waals surface area (Å²) in [6.45, 7) is 1.62. The Morgan fingerprint density at radius 3 is 2.46 bits per heavy atom. The van der Waals surface area contributed by atoms with Gasteiger partial charge in [-0.25, -0.2) is 8.42 Å². The zero-order valence-corrected chi connectivity index (χ0v) is 19.4. The molecule has 1 aliphatic rings. The zero-order valence-electron chi connectivity index (χ0n) is 14.7. The van der Waals surface area contributed by atoms with Crippen molar-refractivity contribution in [2.45, 2.75) is 24.1 Å². The van der Waals surface area contributed by atoms with Crippen molar-refractivity contribution < 1.29 is 13.2 Å². The first-order chi connectivity index (χ1) is 11.8. The molecule has 0 saturated carbocycles. The van der Waals surface area contributed by atoms with E-state index >= 15 is 0 Å². The molecule has 0 aliphatic carbocycles. The molecule has 0 spiro atoms. The number of halogens is 3. The van der Waals surface area contributed by atoms with Crippen LogP contribution in [-0.2, 0) is 21.1 Å². The van der Waals surface area contributed by atoms with Gasteiger partial charge < -0.3 is 15.4 Å². The highest BCUT2D eigenvalue weighted by Crippen LogP contribution is 2.28. The van der Waals surface area contributed by atoms with Crippen molar-refractivity contribution in [1.82, 2.24) is 10.6 Å². The van der Waals surface area contributed by atoms with Crippen LogP contribution in [0.4, 0.5) is 0 Å². The highest BCUT2D eigenvalue weighted by Gasteiger charge is 2.42. The van der Waals surface area contributed by atoms with E-state index in [1.807, 2.05) is 6.07 Å². The van der Waals surface area contributed by atoms with Gasteiger partial charge in [-0.1, -0.05) is 29.3 Å². The van der Waals surface area contributed by atoms with E-state index in [0.717, 1.165) is 5.56 Å². The molecule has 1 saturated heterocycles. The molecule has 0 bridgehead atoms. The second-order valence-corrected chi connectivity index (χ2v) is 9.34. The Morgan fingerprint density at radius 2 is 1.92 bits per heavy atom. The molecule has 10 heteroatoms. The predicted octanol–water partition coefficient (Wildman–Crippen LogP) is 2.87. The van der Waals surface area contributed by atoms with Crippen molar-refractivity contribution in [3.8, 4) is 0 Å². The average Bonchev–Trinajstić information content (AvgIpc) is 2.56. The van der Waals surface area contributed by atoms with E-state index in [4.69, 9.17) is 27.9 Å². The van der Waals surface area contributed by atoms with E-state index < -0.39 is 14.6 Å². The lowest BCUT2D eigenvalue weighted by atomic mass is 9.99. The van der Waals surface area contributed by atoms with E-state index in [1.165, 1.54) is 6.26 Å². The van der Waals surface area contributed by atoms with Gasteiger partial charge in [-0.2, -0.15) is 0 Å². The van der Waals surface area contributed by atoms with Gasteiger partial charge in [0, 0.05) is 49.7 Å². The summed E-state index contributed by atoms with van der Waals surface area (Å²) in [5.74, 6) is 0.514. The second-order valence-electron chi connectivity index (χ2n) is 6.08. The highest BCUT2D eigenvalue weighted by atomic mass is 127. The van der Waals surface area contributed by atoms with E-state index in [0.29, 0.717) is 48.6 Å². The third-order valence-corrected chi connectivity index (χ3v) is 7.17. The van der Waals surface area contributed by atoms with E-state index in [1.54, 1.807) is 19.2 Å². The third-order valence-electron chi connectivity index (χ3n) is 4.45. The SMILES string of the molecule is CN=C(NCc1ccc(Cl)cc1Cl)NCC1(S(C)(=O)=O)CCOCC1.I. The van der Waals surface area contributed by atoms with E-state index in [2.05, 4.69) is 15.6 Å². The van der Waals surface area contributed by atoms with Gasteiger partial charge >= 0.3 is 0 Å². The van der Waals surface area contributed by atoms with E-state index in [-0.39, 0.29) is 30.5 Å². The van der Waals surface area contributed by atoms with Crippen LogP contribution in [0.3, 0.4) is 0 Å². The largest absolute Gasteiger partial charge is 0.381 e. The number of hydrogen-bond donors (Lipinski definition) is 2. The van der Waals surface area contributed by atoms with Crippen LogP contribution in [-0.4, -0.2) is 52.2 Å². The molecule has 148 valence electrons. The molecule has 0 radical (unpaired) electrons. The maximum Gasteiger partial charge on any atom is 0.191 e. The predicted molar refractivity (Wildman–Crippen MR) is 118 cm³/mol. The van der Waals surface area contributed by atoms with Crippen LogP contribution in [0.5, 0.6) is 0 Å². The molecule has 0 unspecified atom stereocenters. The smallest absolute Gasteiger partial charge is 0.191 e. The van der Waals surface area contributed by atoms with Crippen LogP contribution in [0.15, 0.2) is 23.2 Å². The molecule has 26 heavy (non-hydrogen) atoms. The summed E-state index contributed by atoms with van der Waals surface area (Å²) in [4.78, 5) is 4.15. The molecule has 1 fully saturated rings. The minimum absolute atomic E-state index is 0. The van der Waals surface area contributed by atoms with Gasteiger partial charge in [0.15, 0.2) is 15.8 Å². The number of nitrogens with one attached hydrogen (secondary N) is 2. The lowest BCUT2D eigenvalue weighted by Gasteiger charge is -2.35. The van der Waals surface area contributed by atoms with Gasteiger partial charge in [0.2, 0.25) is 0 Å². The number of nitrogens with zero attached hydrogens (tertiary/aromatic N) is 1. The Bertz CT molecular complexity index is 738. The monoisotopic (exact) mass is 535 g/mol. The van der Waals surface area contributed by atoms with Crippen molar-refractivity contribution in [2.24, 2.45) is 4.99 Å². The van der Waals surface area contributed by atoms with Crippen molar-refractivity contribution in [3.05, 3.63) is 33.8 Å². The number of guanidine groups is 1. The number of sulfone groups is 1. The normalized spacial score (nSPS) is 17.3. The fourth-order valence-corrected chi connectivity index (χ4v) is 4.45. The fraction of sp³-hybridized carbons (Fsp3) is 0.562. The van der Waals surface area contributed by atoms with Gasteiger partial charge in [0.05, 0.1) is 4.75 Å². The topological polar surface area (TPSA) is 79.8 Å². The Morgan fingerprint density at radius 1 is 1.27 bits per heavy atom. The van der Waals surface area contributed by atoms with Gasteiger partial charge in [-0.15, -0.1) is 24.0 Å². The van der Waals surface area contributed by atoms with Crippen molar-refractivity contribution in [3.63, 3.8) is 0 Å². The first kappa shape index (κ1) is 23.7. The fourth-order valence-electron chi connectivity index (χ4n) is 2.73. The maximum atomic E-state index is 12.3. The summed E-state index contributed by atoms with van der Waals surface area (Å²) >= 11 is 12.1. The van der Waals surface area contributed by atoms with E-state index in [9.17, 15) is 8.42 Å². The average molecular weight is 536 g/mol. The molecular formula is C16H24Cl2IN3O3S. The van der Waals surface area contributed by atoms with Crippen LogP contribution < -0.4 is 10.6 Å². The lowest BCUT2D eigenvalue weighted by molar-refractivity contribution is 0.0756. The Kier molecular flexibility index (Phi) is 9.42. The Balaban J connectivity index is 0.00000338. The molecular weight excluding hydrogens is 512 g/mol. The number of rotatable bonds is 5.